The van der Waals surface area contributed by atoms with E-state index in [4.69, 9.17) is 10.00 Å². The summed E-state index contributed by atoms with van der Waals surface area (Å²) in [6.45, 7) is 0.308. The van der Waals surface area contributed by atoms with Crippen LogP contribution in [0.15, 0.2) is 48.5 Å². The van der Waals surface area contributed by atoms with Crippen molar-refractivity contribution >= 4 is 11.6 Å². The van der Waals surface area contributed by atoms with Crippen LogP contribution in [0.25, 0.3) is 0 Å². The van der Waals surface area contributed by atoms with Crippen LogP contribution in [0, 0.1) is 17.1 Å². The van der Waals surface area contributed by atoms with Gasteiger partial charge in [-0.2, -0.15) is 5.26 Å². The van der Waals surface area contributed by atoms with Gasteiger partial charge in [0.1, 0.15) is 18.5 Å². The molecule has 1 aliphatic rings. The zero-order valence-corrected chi connectivity index (χ0v) is 11.7. The van der Waals surface area contributed by atoms with Gasteiger partial charge in [0.2, 0.25) is 0 Å². The summed E-state index contributed by atoms with van der Waals surface area (Å²) in [6, 6.07) is 15.1. The Balaban J connectivity index is 2.02. The Bertz CT molecular complexity index is 740. The van der Waals surface area contributed by atoms with Crippen molar-refractivity contribution in [1.29, 1.82) is 5.26 Å². The Labute approximate surface area is 127 Å². The Morgan fingerprint density at radius 1 is 1.23 bits per heavy atom. The van der Waals surface area contributed by atoms with E-state index in [0.717, 1.165) is 5.56 Å². The number of nitriles is 1. The first-order valence-corrected chi connectivity index (χ1v) is 6.85. The molecular weight excluding hydrogens is 283 g/mol. The predicted molar refractivity (Wildman–Crippen MR) is 78.6 cm³/mol. The summed E-state index contributed by atoms with van der Waals surface area (Å²) in [7, 11) is 0. The second kappa shape index (κ2) is 5.96. The molecule has 1 saturated heterocycles. The highest BCUT2D eigenvalue weighted by molar-refractivity contribution is 5.95. The lowest BCUT2D eigenvalue weighted by Crippen LogP contribution is -2.44. The highest BCUT2D eigenvalue weighted by atomic mass is 19.1. The first-order chi connectivity index (χ1) is 10.7. The molecule has 1 heterocycles. The molecule has 5 heteroatoms. The van der Waals surface area contributed by atoms with Gasteiger partial charge in [0.25, 0.3) is 5.91 Å². The number of benzene rings is 2. The minimum absolute atomic E-state index is 0.0368. The summed E-state index contributed by atoms with van der Waals surface area (Å²) in [5, 5.41) is 8.81. The summed E-state index contributed by atoms with van der Waals surface area (Å²) in [5.74, 6) is -0.865. The van der Waals surface area contributed by atoms with E-state index in [2.05, 4.69) is 0 Å². The molecule has 2 aromatic rings. The minimum Gasteiger partial charge on any atom is -0.369 e. The van der Waals surface area contributed by atoms with Gasteiger partial charge in [-0.3, -0.25) is 4.79 Å². The maximum atomic E-state index is 13.9. The largest absolute Gasteiger partial charge is 0.369 e. The smallest absolute Gasteiger partial charge is 0.253 e. The van der Waals surface area contributed by atoms with Crippen molar-refractivity contribution in [2.75, 3.05) is 18.1 Å². The highest BCUT2D eigenvalue weighted by Crippen LogP contribution is 2.31. The van der Waals surface area contributed by atoms with Crippen LogP contribution in [-0.4, -0.2) is 19.1 Å². The first kappa shape index (κ1) is 14.2. The fourth-order valence-corrected chi connectivity index (χ4v) is 2.56. The van der Waals surface area contributed by atoms with Crippen molar-refractivity contribution in [2.24, 2.45) is 0 Å². The lowest BCUT2D eigenvalue weighted by molar-refractivity contribution is -0.127. The van der Waals surface area contributed by atoms with Gasteiger partial charge in [0.15, 0.2) is 0 Å². The molecule has 110 valence electrons. The summed E-state index contributed by atoms with van der Waals surface area (Å²) >= 11 is 0. The molecule has 4 nitrogen and oxygen atoms in total. The zero-order valence-electron chi connectivity index (χ0n) is 11.7. The van der Waals surface area contributed by atoms with Crippen molar-refractivity contribution in [3.63, 3.8) is 0 Å². The number of rotatable bonds is 2. The lowest BCUT2D eigenvalue weighted by Gasteiger charge is -2.35. The Hall–Kier alpha value is -2.71. The van der Waals surface area contributed by atoms with Crippen LogP contribution in [0.3, 0.4) is 0 Å². The van der Waals surface area contributed by atoms with Crippen LogP contribution in [-0.2, 0) is 9.53 Å². The van der Waals surface area contributed by atoms with Gasteiger partial charge in [0, 0.05) is 5.69 Å². The second-order valence-electron chi connectivity index (χ2n) is 4.98. The van der Waals surface area contributed by atoms with Crippen LogP contribution in [0.4, 0.5) is 10.1 Å². The Kier molecular flexibility index (Phi) is 3.86. The molecule has 0 spiro atoms. The van der Waals surface area contributed by atoms with Crippen LogP contribution >= 0.6 is 0 Å². The third-order valence-corrected chi connectivity index (χ3v) is 3.62. The number of ether oxygens (including phenoxy) is 1. The molecule has 0 radical (unpaired) electrons. The van der Waals surface area contributed by atoms with Crippen molar-refractivity contribution in [1.82, 2.24) is 0 Å². The van der Waals surface area contributed by atoms with Crippen LogP contribution in [0.1, 0.15) is 17.2 Å². The number of morpholine rings is 1. The molecule has 0 bridgehead atoms. The average Bonchev–Trinajstić information content (AvgIpc) is 2.55. The number of hydrogen-bond donors (Lipinski definition) is 0. The monoisotopic (exact) mass is 296 g/mol. The summed E-state index contributed by atoms with van der Waals surface area (Å²) in [5.41, 5.74) is 1.31. The molecule has 1 unspecified atom stereocenters. The summed E-state index contributed by atoms with van der Waals surface area (Å²) in [4.78, 5) is 13.8. The Morgan fingerprint density at radius 3 is 2.68 bits per heavy atom. The number of carbonyl (C=O) groups is 1. The molecular formula is C17H13FN2O2. The molecule has 2 aromatic carbocycles. The van der Waals surface area contributed by atoms with Crippen molar-refractivity contribution in [2.45, 2.75) is 6.04 Å². The SMILES string of the molecule is N#Cc1ccc(N2C(=O)COCC2c2ccccc2)cc1F. The molecule has 22 heavy (non-hydrogen) atoms. The molecule has 0 saturated carbocycles. The number of amides is 1. The van der Waals surface area contributed by atoms with Crippen molar-refractivity contribution in [3.8, 4) is 6.07 Å². The predicted octanol–water partition coefficient (Wildman–Crippen LogP) is 2.80. The van der Waals surface area contributed by atoms with Crippen molar-refractivity contribution < 1.29 is 13.9 Å². The van der Waals surface area contributed by atoms with Gasteiger partial charge in [0.05, 0.1) is 18.2 Å². The molecule has 0 N–H and O–H groups in total. The summed E-state index contributed by atoms with van der Waals surface area (Å²) in [6.07, 6.45) is 0. The summed E-state index contributed by atoms with van der Waals surface area (Å²) < 4.78 is 19.2. The zero-order chi connectivity index (χ0) is 15.5. The standard InChI is InChI=1S/C17H13FN2O2/c18-15-8-14(7-6-13(15)9-19)20-16(10-22-11-17(20)21)12-4-2-1-3-5-12/h1-8,16H,10-11H2. The van der Waals surface area contributed by atoms with E-state index in [1.54, 1.807) is 12.1 Å². The normalized spacial score (nSPS) is 18.1. The van der Waals surface area contributed by atoms with E-state index < -0.39 is 5.82 Å². The van der Waals surface area contributed by atoms with Gasteiger partial charge in [-0.25, -0.2) is 4.39 Å². The van der Waals surface area contributed by atoms with E-state index in [-0.39, 0.29) is 24.1 Å². The number of hydrogen-bond acceptors (Lipinski definition) is 3. The fraction of sp³-hybridized carbons (Fsp3) is 0.176. The maximum absolute atomic E-state index is 13.9. The molecule has 1 aliphatic heterocycles. The Morgan fingerprint density at radius 2 is 2.00 bits per heavy atom. The minimum atomic E-state index is -0.633. The van der Waals surface area contributed by atoms with Gasteiger partial charge in [-0.15, -0.1) is 0 Å². The van der Waals surface area contributed by atoms with Gasteiger partial charge in [-0.05, 0) is 23.8 Å². The number of halogens is 1. The quantitative estimate of drug-likeness (QED) is 0.856. The van der Waals surface area contributed by atoms with Crippen molar-refractivity contribution in [3.05, 3.63) is 65.5 Å². The van der Waals surface area contributed by atoms with Gasteiger partial charge < -0.3 is 9.64 Å². The molecule has 0 aromatic heterocycles. The average molecular weight is 296 g/mol. The first-order valence-electron chi connectivity index (χ1n) is 6.85. The van der Waals surface area contributed by atoms with Crippen LogP contribution in [0.2, 0.25) is 0 Å². The number of carbonyl (C=O) groups excluding carboxylic acids is 1. The highest BCUT2D eigenvalue weighted by Gasteiger charge is 2.31. The molecule has 1 atom stereocenters. The van der Waals surface area contributed by atoms with E-state index in [1.807, 2.05) is 30.3 Å². The lowest BCUT2D eigenvalue weighted by atomic mass is 10.0. The third-order valence-electron chi connectivity index (χ3n) is 3.62. The van der Waals surface area contributed by atoms with Gasteiger partial charge >= 0.3 is 0 Å². The molecule has 3 rings (SSSR count). The molecule has 1 fully saturated rings. The van der Waals surface area contributed by atoms with Crippen LogP contribution in [0.5, 0.6) is 0 Å². The van der Waals surface area contributed by atoms with Crippen LogP contribution < -0.4 is 4.90 Å². The fourth-order valence-electron chi connectivity index (χ4n) is 2.56. The second-order valence-corrected chi connectivity index (χ2v) is 4.98. The molecule has 1 amide bonds. The van der Waals surface area contributed by atoms with Gasteiger partial charge in [-0.1, -0.05) is 30.3 Å². The van der Waals surface area contributed by atoms with E-state index in [0.29, 0.717) is 12.3 Å². The molecule has 0 aliphatic carbocycles. The van der Waals surface area contributed by atoms with E-state index >= 15 is 0 Å². The maximum Gasteiger partial charge on any atom is 0.253 e. The topological polar surface area (TPSA) is 53.3 Å². The van der Waals surface area contributed by atoms with E-state index in [1.165, 1.54) is 17.0 Å². The number of nitrogens with zero attached hydrogens (tertiary/aromatic N) is 2. The number of anilines is 1. The van der Waals surface area contributed by atoms with E-state index in [9.17, 15) is 9.18 Å². The third kappa shape index (κ3) is 2.57.